The fourth-order valence-electron chi connectivity index (χ4n) is 2.29. The topological polar surface area (TPSA) is 48.4 Å². The molecule has 2 unspecified atom stereocenters. The molecule has 0 radical (unpaired) electrons. The first-order valence-electron chi connectivity index (χ1n) is 5.80. The van der Waals surface area contributed by atoms with Crippen LogP contribution in [0.4, 0.5) is 0 Å². The largest absolute Gasteiger partial charge is 0.394 e. The van der Waals surface area contributed by atoms with Crippen LogP contribution in [0.2, 0.25) is 0 Å². The van der Waals surface area contributed by atoms with Crippen LogP contribution in [-0.2, 0) is 0 Å². The number of aliphatic hydroxyl groups excluding tert-OH is 1. The van der Waals surface area contributed by atoms with Gasteiger partial charge in [0, 0.05) is 38.1 Å². The second kappa shape index (κ2) is 5.39. The molecule has 1 saturated heterocycles. The van der Waals surface area contributed by atoms with Crippen molar-refractivity contribution in [2.45, 2.75) is 19.0 Å². The first-order valence-corrected chi connectivity index (χ1v) is 5.80. The fraction of sp³-hybridized carbons (Fsp3) is 0.583. The summed E-state index contributed by atoms with van der Waals surface area (Å²) < 4.78 is 0. The van der Waals surface area contributed by atoms with E-state index in [4.69, 9.17) is 0 Å². The van der Waals surface area contributed by atoms with Crippen molar-refractivity contribution < 1.29 is 5.11 Å². The van der Waals surface area contributed by atoms with E-state index < -0.39 is 0 Å². The van der Waals surface area contributed by atoms with Crippen LogP contribution in [0.15, 0.2) is 24.5 Å². The molecule has 0 amide bonds. The summed E-state index contributed by atoms with van der Waals surface area (Å²) in [5.41, 5.74) is 1.10. The van der Waals surface area contributed by atoms with Gasteiger partial charge < -0.3 is 10.4 Å². The van der Waals surface area contributed by atoms with E-state index in [-0.39, 0.29) is 12.6 Å². The first-order chi connectivity index (χ1) is 7.83. The van der Waals surface area contributed by atoms with Gasteiger partial charge in [0.2, 0.25) is 0 Å². The summed E-state index contributed by atoms with van der Waals surface area (Å²) in [6.45, 7) is 5.28. The molecule has 0 spiro atoms. The summed E-state index contributed by atoms with van der Waals surface area (Å²) in [6, 6.07) is 4.48. The lowest BCUT2D eigenvalue weighted by atomic mass is 10.0. The third-order valence-corrected chi connectivity index (χ3v) is 3.20. The van der Waals surface area contributed by atoms with Gasteiger partial charge in [0.05, 0.1) is 12.6 Å². The zero-order valence-corrected chi connectivity index (χ0v) is 9.63. The van der Waals surface area contributed by atoms with Gasteiger partial charge in [-0.25, -0.2) is 0 Å². The summed E-state index contributed by atoms with van der Waals surface area (Å²) in [5, 5.41) is 12.9. The molecule has 4 heteroatoms. The van der Waals surface area contributed by atoms with Gasteiger partial charge in [-0.05, 0) is 18.6 Å². The van der Waals surface area contributed by atoms with Crippen LogP contribution in [0.1, 0.15) is 18.5 Å². The molecule has 16 heavy (non-hydrogen) atoms. The Hall–Kier alpha value is -0.970. The van der Waals surface area contributed by atoms with E-state index in [2.05, 4.69) is 22.1 Å². The van der Waals surface area contributed by atoms with E-state index in [1.807, 2.05) is 18.3 Å². The van der Waals surface area contributed by atoms with Crippen molar-refractivity contribution in [2.24, 2.45) is 0 Å². The average molecular weight is 221 g/mol. The highest BCUT2D eigenvalue weighted by Crippen LogP contribution is 2.22. The van der Waals surface area contributed by atoms with Crippen molar-refractivity contribution in [3.63, 3.8) is 0 Å². The molecule has 1 aliphatic rings. The van der Waals surface area contributed by atoms with Crippen LogP contribution < -0.4 is 5.32 Å². The Bertz CT molecular complexity index is 317. The SMILES string of the molecule is CC1CNCCN1C(CO)c1cccnc1. The number of nitrogens with one attached hydrogen (secondary N) is 1. The van der Waals surface area contributed by atoms with Crippen molar-refractivity contribution in [1.82, 2.24) is 15.2 Å². The number of aliphatic hydroxyl groups is 1. The quantitative estimate of drug-likeness (QED) is 0.776. The van der Waals surface area contributed by atoms with Crippen LogP contribution in [0.25, 0.3) is 0 Å². The van der Waals surface area contributed by atoms with Gasteiger partial charge in [0.25, 0.3) is 0 Å². The van der Waals surface area contributed by atoms with Crippen LogP contribution >= 0.6 is 0 Å². The van der Waals surface area contributed by atoms with Crippen molar-refractivity contribution in [2.75, 3.05) is 26.2 Å². The maximum absolute atomic E-state index is 9.56. The lowest BCUT2D eigenvalue weighted by Crippen LogP contribution is -2.51. The molecule has 0 saturated carbocycles. The molecule has 1 aliphatic heterocycles. The average Bonchev–Trinajstić information content (AvgIpc) is 2.34. The summed E-state index contributed by atoms with van der Waals surface area (Å²) in [6.07, 6.45) is 3.61. The highest BCUT2D eigenvalue weighted by molar-refractivity contribution is 5.14. The minimum atomic E-state index is 0.0748. The molecular formula is C12H19N3O. The number of piperazine rings is 1. The second-order valence-electron chi connectivity index (χ2n) is 4.28. The molecule has 1 fully saturated rings. The Kier molecular flexibility index (Phi) is 3.88. The van der Waals surface area contributed by atoms with Gasteiger partial charge in [-0.15, -0.1) is 0 Å². The van der Waals surface area contributed by atoms with Gasteiger partial charge >= 0.3 is 0 Å². The maximum Gasteiger partial charge on any atom is 0.0629 e. The molecular weight excluding hydrogens is 202 g/mol. The monoisotopic (exact) mass is 221 g/mol. The lowest BCUT2D eigenvalue weighted by Gasteiger charge is -2.39. The Morgan fingerprint density at radius 3 is 3.19 bits per heavy atom. The highest BCUT2D eigenvalue weighted by atomic mass is 16.3. The van der Waals surface area contributed by atoms with Crippen molar-refractivity contribution in [3.05, 3.63) is 30.1 Å². The molecule has 1 aromatic heterocycles. The van der Waals surface area contributed by atoms with Gasteiger partial charge in [0.15, 0.2) is 0 Å². The molecule has 2 rings (SSSR count). The molecule has 1 aromatic rings. The molecule has 2 N–H and O–H groups in total. The van der Waals surface area contributed by atoms with Crippen LogP contribution in [-0.4, -0.2) is 47.3 Å². The number of pyridine rings is 1. The van der Waals surface area contributed by atoms with E-state index in [1.54, 1.807) is 6.20 Å². The smallest absolute Gasteiger partial charge is 0.0629 e. The van der Waals surface area contributed by atoms with Gasteiger partial charge in [-0.2, -0.15) is 0 Å². The standard InChI is InChI=1S/C12H19N3O/c1-10-7-14-5-6-15(10)12(9-16)11-3-2-4-13-8-11/h2-4,8,10,12,14,16H,5-7,9H2,1H3. The Morgan fingerprint density at radius 1 is 1.69 bits per heavy atom. The molecule has 2 heterocycles. The number of hydrogen-bond donors (Lipinski definition) is 2. The summed E-state index contributed by atoms with van der Waals surface area (Å²) in [5.74, 6) is 0. The molecule has 88 valence electrons. The third kappa shape index (κ3) is 2.40. The summed E-state index contributed by atoms with van der Waals surface area (Å²) in [4.78, 5) is 6.46. The lowest BCUT2D eigenvalue weighted by molar-refractivity contribution is 0.0721. The minimum absolute atomic E-state index is 0.0748. The van der Waals surface area contributed by atoms with Crippen molar-refractivity contribution >= 4 is 0 Å². The fourth-order valence-corrected chi connectivity index (χ4v) is 2.29. The van der Waals surface area contributed by atoms with Crippen LogP contribution in [0.5, 0.6) is 0 Å². The number of rotatable bonds is 3. The van der Waals surface area contributed by atoms with E-state index in [0.29, 0.717) is 6.04 Å². The van der Waals surface area contributed by atoms with E-state index in [9.17, 15) is 5.11 Å². The second-order valence-corrected chi connectivity index (χ2v) is 4.28. The normalized spacial score (nSPS) is 24.2. The zero-order valence-electron chi connectivity index (χ0n) is 9.63. The van der Waals surface area contributed by atoms with E-state index in [1.165, 1.54) is 0 Å². The molecule has 2 atom stereocenters. The van der Waals surface area contributed by atoms with Gasteiger partial charge in [-0.3, -0.25) is 9.88 Å². The molecule has 0 bridgehead atoms. The van der Waals surface area contributed by atoms with Gasteiger partial charge in [0.1, 0.15) is 0 Å². The van der Waals surface area contributed by atoms with E-state index >= 15 is 0 Å². The van der Waals surface area contributed by atoms with Crippen molar-refractivity contribution in [3.8, 4) is 0 Å². The summed E-state index contributed by atoms with van der Waals surface area (Å²) in [7, 11) is 0. The zero-order chi connectivity index (χ0) is 11.4. The van der Waals surface area contributed by atoms with E-state index in [0.717, 1.165) is 25.2 Å². The molecule has 0 aromatic carbocycles. The molecule has 4 nitrogen and oxygen atoms in total. The summed E-state index contributed by atoms with van der Waals surface area (Å²) >= 11 is 0. The number of hydrogen-bond acceptors (Lipinski definition) is 4. The highest BCUT2D eigenvalue weighted by Gasteiger charge is 2.26. The Balaban J connectivity index is 2.15. The molecule has 0 aliphatic carbocycles. The van der Waals surface area contributed by atoms with Crippen LogP contribution in [0, 0.1) is 0 Å². The van der Waals surface area contributed by atoms with Crippen molar-refractivity contribution in [1.29, 1.82) is 0 Å². The number of nitrogens with zero attached hydrogens (tertiary/aromatic N) is 2. The first kappa shape index (κ1) is 11.5. The van der Waals surface area contributed by atoms with Gasteiger partial charge in [-0.1, -0.05) is 6.07 Å². The predicted molar refractivity (Wildman–Crippen MR) is 63.1 cm³/mol. The Morgan fingerprint density at radius 2 is 2.56 bits per heavy atom. The predicted octanol–water partition coefficient (Wildman–Crippen LogP) is 0.409. The minimum Gasteiger partial charge on any atom is -0.394 e. The number of aromatic nitrogens is 1. The third-order valence-electron chi connectivity index (χ3n) is 3.20. The van der Waals surface area contributed by atoms with Crippen LogP contribution in [0.3, 0.4) is 0 Å². The Labute approximate surface area is 96.3 Å². The maximum atomic E-state index is 9.56.